The lowest BCUT2D eigenvalue weighted by Gasteiger charge is -2.09. The number of thioether (sulfide) groups is 1. The van der Waals surface area contributed by atoms with Gasteiger partial charge in [-0.25, -0.2) is 0 Å². The molecule has 1 aromatic heterocycles. The van der Waals surface area contributed by atoms with Crippen molar-refractivity contribution in [3.63, 3.8) is 0 Å². The highest BCUT2D eigenvalue weighted by Gasteiger charge is 2.17. The molecule has 0 spiro atoms. The van der Waals surface area contributed by atoms with Crippen molar-refractivity contribution in [2.75, 3.05) is 20.0 Å². The molecule has 1 heterocycles. The Balaban J connectivity index is 1.78. The van der Waals surface area contributed by atoms with Gasteiger partial charge in [0.2, 0.25) is 0 Å². The van der Waals surface area contributed by atoms with Gasteiger partial charge in [0, 0.05) is 12.6 Å². The Morgan fingerprint density at radius 1 is 1.11 bits per heavy atom. The molecule has 27 heavy (non-hydrogen) atoms. The first-order chi connectivity index (χ1) is 13.0. The Kier molecular flexibility index (Phi) is 5.81. The number of hydrogen-bond acceptors (Lipinski definition) is 6. The molecule has 0 saturated carbocycles. The number of aromatic nitrogens is 3. The molecule has 3 aromatic rings. The second-order valence-electron chi connectivity index (χ2n) is 5.96. The molecule has 0 amide bonds. The molecule has 0 saturated heterocycles. The number of aryl methyl sites for hydroxylation is 1. The van der Waals surface area contributed by atoms with Gasteiger partial charge < -0.3 is 14.0 Å². The Morgan fingerprint density at radius 2 is 1.89 bits per heavy atom. The first-order valence-electron chi connectivity index (χ1n) is 8.38. The van der Waals surface area contributed by atoms with Gasteiger partial charge in [-0.05, 0) is 30.7 Å². The Morgan fingerprint density at radius 3 is 2.59 bits per heavy atom. The standard InChI is InChI=1S/C20H21N3O3S/c1-13-7-5-6-8-15(13)19-21-22-20(23(19)2)27-12-17(24)16-11-14(25-3)9-10-18(16)26-4/h5-11H,12H2,1-4H3. The molecule has 0 aliphatic rings. The highest BCUT2D eigenvalue weighted by Crippen LogP contribution is 2.28. The minimum absolute atomic E-state index is 0.0591. The van der Waals surface area contributed by atoms with Crippen LogP contribution in [0, 0.1) is 6.92 Å². The molecule has 0 radical (unpaired) electrons. The summed E-state index contributed by atoms with van der Waals surface area (Å²) in [6, 6.07) is 13.2. The van der Waals surface area contributed by atoms with Crippen molar-refractivity contribution in [2.45, 2.75) is 12.1 Å². The van der Waals surface area contributed by atoms with Crippen LogP contribution in [0.1, 0.15) is 15.9 Å². The summed E-state index contributed by atoms with van der Waals surface area (Å²) in [7, 11) is 5.01. The van der Waals surface area contributed by atoms with Crippen LogP contribution in [-0.4, -0.2) is 40.5 Å². The summed E-state index contributed by atoms with van der Waals surface area (Å²) in [4.78, 5) is 12.7. The van der Waals surface area contributed by atoms with Gasteiger partial charge in [-0.1, -0.05) is 36.0 Å². The molecule has 140 valence electrons. The molecule has 7 heteroatoms. The van der Waals surface area contributed by atoms with Crippen molar-refractivity contribution < 1.29 is 14.3 Å². The Labute approximate surface area is 162 Å². The number of methoxy groups -OCH3 is 2. The van der Waals surface area contributed by atoms with E-state index in [-0.39, 0.29) is 11.5 Å². The monoisotopic (exact) mass is 383 g/mol. The molecule has 0 aliphatic heterocycles. The Bertz CT molecular complexity index is 969. The maximum Gasteiger partial charge on any atom is 0.191 e. The number of hydrogen-bond donors (Lipinski definition) is 0. The van der Waals surface area contributed by atoms with Crippen molar-refractivity contribution in [3.05, 3.63) is 53.6 Å². The highest BCUT2D eigenvalue weighted by atomic mass is 32.2. The second kappa shape index (κ2) is 8.26. The summed E-state index contributed by atoms with van der Waals surface area (Å²) < 4.78 is 12.4. The zero-order chi connectivity index (χ0) is 19.4. The number of carbonyl (C=O) groups is 1. The third-order valence-corrected chi connectivity index (χ3v) is 5.28. The quantitative estimate of drug-likeness (QED) is 0.457. The summed E-state index contributed by atoms with van der Waals surface area (Å²) >= 11 is 1.35. The second-order valence-corrected chi connectivity index (χ2v) is 6.90. The summed E-state index contributed by atoms with van der Waals surface area (Å²) in [5.41, 5.74) is 2.65. The third-order valence-electron chi connectivity index (χ3n) is 4.26. The fraction of sp³-hybridized carbons (Fsp3) is 0.250. The molecule has 3 rings (SSSR count). The minimum Gasteiger partial charge on any atom is -0.497 e. The van der Waals surface area contributed by atoms with E-state index < -0.39 is 0 Å². The van der Waals surface area contributed by atoms with Crippen LogP contribution in [-0.2, 0) is 7.05 Å². The maximum atomic E-state index is 12.7. The number of ketones is 1. The van der Waals surface area contributed by atoms with Gasteiger partial charge in [0.15, 0.2) is 16.8 Å². The van der Waals surface area contributed by atoms with Crippen molar-refractivity contribution in [2.24, 2.45) is 7.05 Å². The highest BCUT2D eigenvalue weighted by molar-refractivity contribution is 7.99. The fourth-order valence-corrected chi connectivity index (χ4v) is 3.53. The predicted molar refractivity (Wildman–Crippen MR) is 106 cm³/mol. The average Bonchev–Trinajstić information content (AvgIpc) is 3.06. The number of ether oxygens (including phenoxy) is 2. The van der Waals surface area contributed by atoms with Gasteiger partial charge >= 0.3 is 0 Å². The first-order valence-corrected chi connectivity index (χ1v) is 9.37. The van der Waals surface area contributed by atoms with Gasteiger partial charge in [-0.2, -0.15) is 0 Å². The van der Waals surface area contributed by atoms with E-state index in [2.05, 4.69) is 10.2 Å². The molecular weight excluding hydrogens is 362 g/mol. The molecule has 6 nitrogen and oxygen atoms in total. The van der Waals surface area contributed by atoms with Gasteiger partial charge in [0.1, 0.15) is 11.5 Å². The van der Waals surface area contributed by atoms with E-state index in [9.17, 15) is 4.79 Å². The SMILES string of the molecule is COc1ccc(OC)c(C(=O)CSc2nnc(-c3ccccc3C)n2C)c1. The lowest BCUT2D eigenvalue weighted by atomic mass is 10.1. The van der Waals surface area contributed by atoms with Crippen LogP contribution in [0.15, 0.2) is 47.6 Å². The number of benzene rings is 2. The predicted octanol–water partition coefficient (Wildman–Crippen LogP) is 3.78. The van der Waals surface area contributed by atoms with E-state index in [1.165, 1.54) is 11.8 Å². The average molecular weight is 383 g/mol. The van der Waals surface area contributed by atoms with Crippen LogP contribution in [0.4, 0.5) is 0 Å². The van der Waals surface area contributed by atoms with E-state index >= 15 is 0 Å². The summed E-state index contributed by atoms with van der Waals surface area (Å²) in [6.07, 6.45) is 0. The van der Waals surface area contributed by atoms with Crippen LogP contribution >= 0.6 is 11.8 Å². The molecule has 2 aromatic carbocycles. The van der Waals surface area contributed by atoms with Crippen LogP contribution < -0.4 is 9.47 Å². The van der Waals surface area contributed by atoms with E-state index in [0.29, 0.717) is 22.2 Å². The largest absolute Gasteiger partial charge is 0.497 e. The smallest absolute Gasteiger partial charge is 0.191 e. The topological polar surface area (TPSA) is 66.2 Å². The third kappa shape index (κ3) is 3.98. The van der Waals surface area contributed by atoms with E-state index in [4.69, 9.17) is 9.47 Å². The van der Waals surface area contributed by atoms with Crippen molar-refractivity contribution >= 4 is 17.5 Å². The maximum absolute atomic E-state index is 12.7. The molecule has 0 fully saturated rings. The molecule has 0 atom stereocenters. The lowest BCUT2D eigenvalue weighted by molar-refractivity contribution is 0.101. The van der Waals surface area contributed by atoms with Gasteiger partial charge in [0.05, 0.1) is 25.5 Å². The van der Waals surface area contributed by atoms with Gasteiger partial charge in [0.25, 0.3) is 0 Å². The molecule has 0 N–H and O–H groups in total. The van der Waals surface area contributed by atoms with Crippen LogP contribution in [0.2, 0.25) is 0 Å². The number of Topliss-reactive ketones (excluding diaryl/α,β-unsaturated/α-hetero) is 1. The van der Waals surface area contributed by atoms with E-state index in [1.807, 2.05) is 42.8 Å². The minimum atomic E-state index is -0.0591. The summed E-state index contributed by atoms with van der Waals surface area (Å²) in [5, 5.41) is 9.22. The normalized spacial score (nSPS) is 10.7. The van der Waals surface area contributed by atoms with Crippen molar-refractivity contribution in [1.29, 1.82) is 0 Å². The summed E-state index contributed by atoms with van der Waals surface area (Å²) in [5.74, 6) is 2.09. The van der Waals surface area contributed by atoms with Crippen LogP contribution in [0.5, 0.6) is 11.5 Å². The lowest BCUT2D eigenvalue weighted by Crippen LogP contribution is -2.06. The van der Waals surface area contributed by atoms with Gasteiger partial charge in [-0.3, -0.25) is 4.79 Å². The van der Waals surface area contributed by atoms with Crippen molar-refractivity contribution in [1.82, 2.24) is 14.8 Å². The van der Waals surface area contributed by atoms with Crippen LogP contribution in [0.3, 0.4) is 0 Å². The fourth-order valence-electron chi connectivity index (χ4n) is 2.74. The molecule has 0 unspecified atom stereocenters. The van der Waals surface area contributed by atoms with E-state index in [0.717, 1.165) is 17.0 Å². The zero-order valence-electron chi connectivity index (χ0n) is 15.7. The van der Waals surface area contributed by atoms with Crippen molar-refractivity contribution in [3.8, 4) is 22.9 Å². The van der Waals surface area contributed by atoms with Gasteiger partial charge in [-0.15, -0.1) is 10.2 Å². The number of rotatable bonds is 7. The molecule has 0 aliphatic carbocycles. The zero-order valence-corrected chi connectivity index (χ0v) is 16.5. The number of carbonyl (C=O) groups excluding carboxylic acids is 1. The first kappa shape index (κ1) is 19.0. The summed E-state index contributed by atoms with van der Waals surface area (Å²) in [6.45, 7) is 2.04. The Hall–Kier alpha value is -2.80. The number of nitrogens with zero attached hydrogens (tertiary/aromatic N) is 3. The van der Waals surface area contributed by atoms with Crippen LogP contribution in [0.25, 0.3) is 11.4 Å². The molecule has 0 bridgehead atoms. The molecular formula is C20H21N3O3S. The van der Waals surface area contributed by atoms with E-state index in [1.54, 1.807) is 32.4 Å².